The highest BCUT2D eigenvalue weighted by Crippen LogP contribution is 2.27. The second kappa shape index (κ2) is 7.91. The van der Waals surface area contributed by atoms with Gasteiger partial charge in [0, 0.05) is 21.3 Å². The molecule has 25 heavy (non-hydrogen) atoms. The molecule has 0 saturated heterocycles. The van der Waals surface area contributed by atoms with E-state index in [-0.39, 0.29) is 5.91 Å². The quantitative estimate of drug-likeness (QED) is 0.606. The van der Waals surface area contributed by atoms with Crippen molar-refractivity contribution in [3.63, 3.8) is 0 Å². The molecular formula is C17H13Cl2N3O2S. The van der Waals surface area contributed by atoms with Gasteiger partial charge < -0.3 is 9.73 Å². The third-order valence-corrected chi connectivity index (χ3v) is 4.69. The number of nitrogens with zero attached hydrogens (tertiary/aromatic N) is 2. The Labute approximate surface area is 158 Å². The molecule has 1 atom stereocenters. The minimum atomic E-state index is -0.408. The van der Waals surface area contributed by atoms with Crippen LogP contribution in [0.2, 0.25) is 10.0 Å². The van der Waals surface area contributed by atoms with E-state index in [2.05, 4.69) is 15.5 Å². The molecule has 3 rings (SSSR count). The number of aromatic nitrogens is 2. The normalized spacial score (nSPS) is 12.0. The zero-order valence-corrected chi connectivity index (χ0v) is 15.4. The first kappa shape index (κ1) is 17.8. The van der Waals surface area contributed by atoms with Gasteiger partial charge >= 0.3 is 0 Å². The average Bonchev–Trinajstić information content (AvgIpc) is 3.06. The smallest absolute Gasteiger partial charge is 0.277 e. The molecule has 0 saturated carbocycles. The maximum atomic E-state index is 12.2. The molecule has 8 heteroatoms. The van der Waals surface area contributed by atoms with Crippen molar-refractivity contribution >= 4 is 46.6 Å². The Hall–Kier alpha value is -2.02. The molecule has 0 aliphatic carbocycles. The van der Waals surface area contributed by atoms with Crippen LogP contribution < -0.4 is 5.32 Å². The molecule has 1 heterocycles. The summed E-state index contributed by atoms with van der Waals surface area (Å²) >= 11 is 12.9. The summed E-state index contributed by atoms with van der Waals surface area (Å²) in [6.45, 7) is 1.77. The summed E-state index contributed by atoms with van der Waals surface area (Å²) in [4.78, 5) is 12.2. The van der Waals surface area contributed by atoms with Crippen molar-refractivity contribution in [3.8, 4) is 11.5 Å². The van der Waals surface area contributed by atoms with Gasteiger partial charge in [-0.25, -0.2) is 0 Å². The number of anilines is 1. The lowest BCUT2D eigenvalue weighted by Crippen LogP contribution is -2.22. The van der Waals surface area contributed by atoms with Crippen LogP contribution in [0.15, 0.2) is 58.2 Å². The number of halogens is 2. The second-order valence-corrected chi connectivity index (χ2v) is 7.30. The molecule has 0 aliphatic rings. The van der Waals surface area contributed by atoms with E-state index in [1.165, 1.54) is 11.8 Å². The lowest BCUT2D eigenvalue weighted by atomic mass is 10.2. The second-order valence-electron chi connectivity index (χ2n) is 5.14. The van der Waals surface area contributed by atoms with E-state index in [1.54, 1.807) is 55.5 Å². The third kappa shape index (κ3) is 4.75. The lowest BCUT2D eigenvalue weighted by Gasteiger charge is -2.09. The molecule has 0 spiro atoms. The van der Waals surface area contributed by atoms with Crippen LogP contribution in [0.1, 0.15) is 6.92 Å². The highest BCUT2D eigenvalue weighted by atomic mass is 35.5. The molecule has 3 aromatic rings. The maximum absolute atomic E-state index is 12.2. The Morgan fingerprint density at radius 3 is 2.28 bits per heavy atom. The van der Waals surface area contributed by atoms with Gasteiger partial charge in [-0.1, -0.05) is 35.0 Å². The minimum absolute atomic E-state index is 0.168. The van der Waals surface area contributed by atoms with Crippen molar-refractivity contribution in [1.82, 2.24) is 10.2 Å². The van der Waals surface area contributed by atoms with Crippen molar-refractivity contribution in [2.45, 2.75) is 17.4 Å². The summed E-state index contributed by atoms with van der Waals surface area (Å²) in [5.74, 6) is 0.211. The molecule has 1 N–H and O–H groups in total. The summed E-state index contributed by atoms with van der Waals surface area (Å²) in [6, 6.07) is 14.0. The Balaban J connectivity index is 1.62. The number of amides is 1. The Kier molecular flexibility index (Phi) is 5.63. The Bertz CT molecular complexity index is 866. The molecule has 0 radical (unpaired) electrons. The van der Waals surface area contributed by atoms with E-state index in [1.807, 2.05) is 0 Å². The fraction of sp³-hybridized carbons (Fsp3) is 0.118. The van der Waals surface area contributed by atoms with Crippen LogP contribution in [0.4, 0.5) is 5.69 Å². The number of carbonyl (C=O) groups is 1. The van der Waals surface area contributed by atoms with Crippen molar-refractivity contribution in [2.75, 3.05) is 5.32 Å². The van der Waals surface area contributed by atoms with Gasteiger partial charge in [0.05, 0.1) is 5.25 Å². The van der Waals surface area contributed by atoms with E-state index in [0.717, 1.165) is 5.56 Å². The van der Waals surface area contributed by atoms with Crippen molar-refractivity contribution in [1.29, 1.82) is 0 Å². The highest BCUT2D eigenvalue weighted by Gasteiger charge is 2.19. The van der Waals surface area contributed by atoms with Crippen LogP contribution >= 0.6 is 35.0 Å². The van der Waals surface area contributed by atoms with Crippen LogP contribution in [0, 0.1) is 0 Å². The van der Waals surface area contributed by atoms with E-state index < -0.39 is 5.25 Å². The summed E-state index contributed by atoms with van der Waals surface area (Å²) in [5, 5.41) is 11.9. The van der Waals surface area contributed by atoms with Gasteiger partial charge in [-0.15, -0.1) is 10.2 Å². The van der Waals surface area contributed by atoms with Gasteiger partial charge in [0.15, 0.2) is 0 Å². The molecule has 1 aromatic heterocycles. The Morgan fingerprint density at radius 1 is 1.04 bits per heavy atom. The molecule has 1 amide bonds. The first-order valence-corrected chi connectivity index (χ1v) is 8.97. The standard InChI is InChI=1S/C17H13Cl2N3O2S/c1-10(15(23)20-14-8-6-13(19)7-9-14)25-17-22-21-16(24-17)11-2-4-12(18)5-3-11/h2-10H,1H3,(H,20,23). The number of rotatable bonds is 5. The SMILES string of the molecule is CC(Sc1nnc(-c2ccc(Cl)cc2)o1)C(=O)Nc1ccc(Cl)cc1. The van der Waals surface area contributed by atoms with Crippen molar-refractivity contribution in [3.05, 3.63) is 58.6 Å². The topological polar surface area (TPSA) is 68.0 Å². The summed E-state index contributed by atoms with van der Waals surface area (Å²) in [6.07, 6.45) is 0. The lowest BCUT2D eigenvalue weighted by molar-refractivity contribution is -0.115. The number of carbonyl (C=O) groups excluding carboxylic acids is 1. The van der Waals surface area contributed by atoms with Crippen LogP contribution in [-0.2, 0) is 4.79 Å². The number of hydrogen-bond acceptors (Lipinski definition) is 5. The van der Waals surface area contributed by atoms with Gasteiger partial charge in [-0.05, 0) is 55.5 Å². The van der Waals surface area contributed by atoms with E-state index in [9.17, 15) is 4.79 Å². The summed E-state index contributed by atoms with van der Waals surface area (Å²) in [5.41, 5.74) is 1.44. The first-order valence-electron chi connectivity index (χ1n) is 7.34. The van der Waals surface area contributed by atoms with Crippen LogP contribution in [-0.4, -0.2) is 21.4 Å². The molecule has 1 unspecified atom stereocenters. The average molecular weight is 394 g/mol. The van der Waals surface area contributed by atoms with E-state index >= 15 is 0 Å². The predicted molar refractivity (Wildman–Crippen MR) is 100 cm³/mol. The monoisotopic (exact) mass is 393 g/mol. The molecule has 2 aromatic carbocycles. The fourth-order valence-electron chi connectivity index (χ4n) is 1.95. The largest absolute Gasteiger partial charge is 0.411 e. The van der Waals surface area contributed by atoms with Crippen LogP contribution in [0.5, 0.6) is 0 Å². The zero-order valence-electron chi connectivity index (χ0n) is 13.1. The summed E-state index contributed by atoms with van der Waals surface area (Å²) < 4.78 is 5.60. The van der Waals surface area contributed by atoms with E-state index in [0.29, 0.717) is 26.8 Å². The predicted octanol–water partition coefficient (Wildman–Crippen LogP) is 5.16. The highest BCUT2D eigenvalue weighted by molar-refractivity contribution is 8.00. The molecule has 0 bridgehead atoms. The third-order valence-electron chi connectivity index (χ3n) is 3.26. The van der Waals surface area contributed by atoms with Crippen LogP contribution in [0.25, 0.3) is 11.5 Å². The van der Waals surface area contributed by atoms with Gasteiger partial charge in [0.1, 0.15) is 0 Å². The van der Waals surface area contributed by atoms with Gasteiger partial charge in [0.25, 0.3) is 5.22 Å². The maximum Gasteiger partial charge on any atom is 0.277 e. The van der Waals surface area contributed by atoms with Crippen molar-refractivity contribution in [2.24, 2.45) is 0 Å². The first-order chi connectivity index (χ1) is 12.0. The van der Waals surface area contributed by atoms with Gasteiger partial charge in [-0.3, -0.25) is 4.79 Å². The number of thioether (sulfide) groups is 1. The number of hydrogen-bond donors (Lipinski definition) is 1. The number of benzene rings is 2. The number of nitrogens with one attached hydrogen (secondary N) is 1. The van der Waals surface area contributed by atoms with Crippen molar-refractivity contribution < 1.29 is 9.21 Å². The molecule has 5 nitrogen and oxygen atoms in total. The summed E-state index contributed by atoms with van der Waals surface area (Å²) in [7, 11) is 0. The van der Waals surface area contributed by atoms with Gasteiger partial charge in [-0.2, -0.15) is 0 Å². The fourth-order valence-corrected chi connectivity index (χ4v) is 2.88. The minimum Gasteiger partial charge on any atom is -0.411 e. The van der Waals surface area contributed by atoms with E-state index in [4.69, 9.17) is 27.6 Å². The van der Waals surface area contributed by atoms with Crippen LogP contribution in [0.3, 0.4) is 0 Å². The molecule has 128 valence electrons. The Morgan fingerprint density at radius 2 is 1.64 bits per heavy atom. The zero-order chi connectivity index (χ0) is 17.8. The molecule has 0 aliphatic heterocycles. The molecular weight excluding hydrogens is 381 g/mol. The molecule has 0 fully saturated rings. The van der Waals surface area contributed by atoms with Gasteiger partial charge in [0.2, 0.25) is 11.8 Å².